The summed E-state index contributed by atoms with van der Waals surface area (Å²) in [6.45, 7) is 4.29. The number of guanidine groups is 1. The van der Waals surface area contributed by atoms with Gasteiger partial charge in [0.15, 0.2) is 5.96 Å². The molecule has 4 rings (SSSR count). The maximum Gasteiger partial charge on any atom is 0.233 e. The quantitative estimate of drug-likeness (QED) is 0.199. The number of hydrogen-bond acceptors (Lipinski definition) is 4. The first kappa shape index (κ1) is 20.8. The Morgan fingerprint density at radius 2 is 1.75 bits per heavy atom. The van der Waals surface area contributed by atoms with Crippen LogP contribution in [0.3, 0.4) is 0 Å². The molecular weight excluding hydrogens is 471 g/mol. The van der Waals surface area contributed by atoms with Crippen LogP contribution in [0.4, 0.5) is 0 Å². The molecule has 1 saturated heterocycles. The van der Waals surface area contributed by atoms with Gasteiger partial charge in [0, 0.05) is 32.9 Å². The van der Waals surface area contributed by atoms with Gasteiger partial charge < -0.3 is 10.6 Å². The molecule has 4 atom stereocenters. The standard InChI is InChI=1S/C19H26N6O2.HI/c1-12-10-23-24(11-12)7-5-21-19(20-2)22-6-8-25-17(26)15-13-3-4-14(9-13)16(15)18(25)27;/h3-4,10-11,13-16H,5-9H2,1-2H3,(H2,20,21,22);1H. The van der Waals surface area contributed by atoms with Crippen LogP contribution in [0, 0.1) is 30.6 Å². The number of fused-ring (bicyclic) bond motifs is 5. The minimum absolute atomic E-state index is 0. The number of likely N-dealkylation sites (tertiary alicyclic amines) is 1. The SMILES string of the molecule is CN=C(NCCN1C(=O)C2C3C=CC(C3)C2C1=O)NCCn1cc(C)cn1.I. The van der Waals surface area contributed by atoms with E-state index in [2.05, 4.69) is 32.9 Å². The molecule has 2 aliphatic carbocycles. The smallest absolute Gasteiger partial charge is 0.233 e. The van der Waals surface area contributed by atoms with Crippen LogP contribution in [0.25, 0.3) is 0 Å². The van der Waals surface area contributed by atoms with Crippen LogP contribution < -0.4 is 10.6 Å². The normalized spacial score (nSPS) is 27.9. The van der Waals surface area contributed by atoms with Crippen LogP contribution in [-0.2, 0) is 16.1 Å². The number of imide groups is 1. The maximum absolute atomic E-state index is 12.7. The van der Waals surface area contributed by atoms with Crippen molar-refractivity contribution in [3.63, 3.8) is 0 Å². The van der Waals surface area contributed by atoms with E-state index in [1.165, 1.54) is 4.90 Å². The highest BCUT2D eigenvalue weighted by molar-refractivity contribution is 14.0. The summed E-state index contributed by atoms with van der Waals surface area (Å²) in [6.07, 6.45) is 9.01. The van der Waals surface area contributed by atoms with Gasteiger partial charge in [-0.2, -0.15) is 5.10 Å². The third-order valence-electron chi connectivity index (χ3n) is 5.81. The summed E-state index contributed by atoms with van der Waals surface area (Å²) in [6, 6.07) is 0. The van der Waals surface area contributed by atoms with Crippen LogP contribution in [0.15, 0.2) is 29.5 Å². The van der Waals surface area contributed by atoms with Crippen molar-refractivity contribution in [2.45, 2.75) is 19.9 Å². The number of nitrogens with zero attached hydrogens (tertiary/aromatic N) is 4. The minimum Gasteiger partial charge on any atom is -0.355 e. The first-order valence-corrected chi connectivity index (χ1v) is 9.55. The molecule has 8 nitrogen and oxygen atoms in total. The Balaban J connectivity index is 0.00000225. The second kappa shape index (κ2) is 8.62. The van der Waals surface area contributed by atoms with E-state index in [4.69, 9.17) is 0 Å². The van der Waals surface area contributed by atoms with E-state index in [9.17, 15) is 9.59 Å². The Morgan fingerprint density at radius 1 is 1.14 bits per heavy atom. The van der Waals surface area contributed by atoms with Crippen molar-refractivity contribution in [3.05, 3.63) is 30.1 Å². The fourth-order valence-electron chi connectivity index (χ4n) is 4.57. The van der Waals surface area contributed by atoms with E-state index in [-0.39, 0.29) is 59.5 Å². The lowest BCUT2D eigenvalue weighted by atomic mass is 9.85. The van der Waals surface area contributed by atoms with Gasteiger partial charge in [-0.05, 0) is 30.7 Å². The first-order valence-electron chi connectivity index (χ1n) is 9.55. The lowest BCUT2D eigenvalue weighted by molar-refractivity contribution is -0.140. The van der Waals surface area contributed by atoms with Crippen molar-refractivity contribution in [3.8, 4) is 0 Å². The highest BCUT2D eigenvalue weighted by atomic mass is 127. The van der Waals surface area contributed by atoms with Crippen LogP contribution in [0.1, 0.15) is 12.0 Å². The van der Waals surface area contributed by atoms with E-state index in [0.717, 1.165) is 18.5 Å². The average molecular weight is 498 g/mol. The molecule has 1 saturated carbocycles. The van der Waals surface area contributed by atoms with Gasteiger partial charge >= 0.3 is 0 Å². The van der Waals surface area contributed by atoms with Gasteiger partial charge in [0.25, 0.3) is 0 Å². The molecule has 0 radical (unpaired) electrons. The molecule has 2 bridgehead atoms. The summed E-state index contributed by atoms with van der Waals surface area (Å²) in [5.41, 5.74) is 1.13. The molecule has 1 aromatic heterocycles. The van der Waals surface area contributed by atoms with Gasteiger partial charge in [-0.25, -0.2) is 0 Å². The van der Waals surface area contributed by atoms with Crippen molar-refractivity contribution in [2.24, 2.45) is 28.7 Å². The number of aliphatic imine (C=N–C) groups is 1. The average Bonchev–Trinajstić information content (AvgIpc) is 3.41. The molecule has 0 spiro atoms. The predicted octanol–water partition coefficient (Wildman–Crippen LogP) is 0.782. The Morgan fingerprint density at radius 3 is 2.29 bits per heavy atom. The molecule has 2 amide bonds. The van der Waals surface area contributed by atoms with E-state index in [1.807, 2.05) is 24.0 Å². The molecule has 2 N–H and O–H groups in total. The van der Waals surface area contributed by atoms with E-state index in [0.29, 0.717) is 25.6 Å². The lowest BCUT2D eigenvalue weighted by Crippen LogP contribution is -2.44. The molecule has 152 valence electrons. The van der Waals surface area contributed by atoms with Crippen molar-refractivity contribution in [2.75, 3.05) is 26.7 Å². The monoisotopic (exact) mass is 498 g/mol. The van der Waals surface area contributed by atoms with Crippen LogP contribution in [0.2, 0.25) is 0 Å². The van der Waals surface area contributed by atoms with E-state index < -0.39 is 0 Å². The van der Waals surface area contributed by atoms with E-state index >= 15 is 0 Å². The van der Waals surface area contributed by atoms with Gasteiger partial charge in [0.2, 0.25) is 11.8 Å². The lowest BCUT2D eigenvalue weighted by Gasteiger charge is -2.18. The minimum atomic E-state index is -0.123. The molecule has 2 fully saturated rings. The maximum atomic E-state index is 12.7. The topological polar surface area (TPSA) is 91.6 Å². The highest BCUT2D eigenvalue weighted by Crippen LogP contribution is 2.52. The second-order valence-electron chi connectivity index (χ2n) is 7.53. The third kappa shape index (κ3) is 3.81. The number of nitrogens with one attached hydrogen (secondary N) is 2. The molecule has 9 heteroatoms. The fourth-order valence-corrected chi connectivity index (χ4v) is 4.57. The van der Waals surface area contributed by atoms with Gasteiger partial charge in [-0.3, -0.25) is 24.2 Å². The number of allylic oxidation sites excluding steroid dienone is 2. The fraction of sp³-hybridized carbons (Fsp3) is 0.579. The molecular formula is C19H27IN6O2. The summed E-state index contributed by atoms with van der Waals surface area (Å²) in [5, 5.41) is 10.6. The number of hydrogen-bond donors (Lipinski definition) is 2. The Hall–Kier alpha value is -1.91. The van der Waals surface area contributed by atoms with Gasteiger partial charge in [-0.15, -0.1) is 24.0 Å². The zero-order chi connectivity index (χ0) is 19.0. The third-order valence-corrected chi connectivity index (χ3v) is 5.81. The second-order valence-corrected chi connectivity index (χ2v) is 7.53. The summed E-state index contributed by atoms with van der Waals surface area (Å²) in [4.78, 5) is 30.9. The number of halogens is 1. The Kier molecular flexibility index (Phi) is 6.41. The van der Waals surface area contributed by atoms with E-state index in [1.54, 1.807) is 7.05 Å². The number of carbonyl (C=O) groups excluding carboxylic acids is 2. The summed E-state index contributed by atoms with van der Waals surface area (Å²) in [7, 11) is 1.70. The van der Waals surface area contributed by atoms with Crippen LogP contribution in [-0.4, -0.2) is 59.1 Å². The van der Waals surface area contributed by atoms with Gasteiger partial charge in [-0.1, -0.05) is 12.2 Å². The molecule has 1 aliphatic heterocycles. The molecule has 28 heavy (non-hydrogen) atoms. The Labute approximate surface area is 181 Å². The number of aryl methyl sites for hydroxylation is 1. The number of aromatic nitrogens is 2. The summed E-state index contributed by atoms with van der Waals surface area (Å²) < 4.78 is 1.87. The van der Waals surface area contributed by atoms with Crippen molar-refractivity contribution >= 4 is 41.8 Å². The molecule has 0 aromatic carbocycles. The first-order chi connectivity index (χ1) is 13.1. The Bertz CT molecular complexity index is 774. The van der Waals surface area contributed by atoms with Crippen molar-refractivity contribution < 1.29 is 9.59 Å². The summed E-state index contributed by atoms with van der Waals surface area (Å²) in [5.74, 6) is 0.927. The van der Waals surface area contributed by atoms with Crippen molar-refractivity contribution in [1.29, 1.82) is 0 Å². The molecule has 1 aromatic rings. The van der Waals surface area contributed by atoms with Gasteiger partial charge in [0.1, 0.15) is 0 Å². The molecule has 2 heterocycles. The number of carbonyl (C=O) groups is 2. The number of rotatable bonds is 6. The zero-order valence-electron chi connectivity index (χ0n) is 16.2. The van der Waals surface area contributed by atoms with Crippen LogP contribution in [0.5, 0.6) is 0 Å². The predicted molar refractivity (Wildman–Crippen MR) is 116 cm³/mol. The number of amides is 2. The van der Waals surface area contributed by atoms with Crippen LogP contribution >= 0.6 is 24.0 Å². The molecule has 4 unspecified atom stereocenters. The largest absolute Gasteiger partial charge is 0.355 e. The highest BCUT2D eigenvalue weighted by Gasteiger charge is 2.58. The zero-order valence-corrected chi connectivity index (χ0v) is 18.5. The van der Waals surface area contributed by atoms with Gasteiger partial charge in [0.05, 0.1) is 24.6 Å². The summed E-state index contributed by atoms with van der Waals surface area (Å²) >= 11 is 0. The molecule has 3 aliphatic rings. The van der Waals surface area contributed by atoms with Crippen molar-refractivity contribution in [1.82, 2.24) is 25.3 Å².